The van der Waals surface area contributed by atoms with Crippen LogP contribution in [0.25, 0.3) is 11.3 Å². The number of ether oxygens (including phenoxy) is 1. The van der Waals surface area contributed by atoms with Crippen molar-refractivity contribution in [1.82, 2.24) is 19.8 Å². The van der Waals surface area contributed by atoms with Crippen molar-refractivity contribution in [2.45, 2.75) is 39.2 Å². The van der Waals surface area contributed by atoms with Crippen molar-refractivity contribution in [3.8, 4) is 17.1 Å². The monoisotopic (exact) mass is 527 g/mol. The van der Waals surface area contributed by atoms with Gasteiger partial charge in [-0.2, -0.15) is 5.10 Å². The first-order valence-corrected chi connectivity index (χ1v) is 13.2. The molecule has 5 rings (SSSR count). The number of nitrogens with one attached hydrogen (secondary N) is 1. The molecule has 202 valence electrons. The van der Waals surface area contributed by atoms with Gasteiger partial charge in [-0.1, -0.05) is 31.1 Å². The van der Waals surface area contributed by atoms with Gasteiger partial charge in [-0.15, -0.1) is 0 Å². The summed E-state index contributed by atoms with van der Waals surface area (Å²) in [6, 6.07) is 17.0. The fourth-order valence-corrected chi connectivity index (χ4v) is 4.84. The van der Waals surface area contributed by atoms with Crippen molar-refractivity contribution in [3.63, 3.8) is 0 Å². The highest BCUT2D eigenvalue weighted by atomic mass is 16.5. The van der Waals surface area contributed by atoms with Crippen LogP contribution in [0, 0.1) is 5.92 Å². The molecule has 2 aromatic heterocycles. The van der Waals surface area contributed by atoms with Gasteiger partial charge < -0.3 is 19.5 Å². The van der Waals surface area contributed by atoms with E-state index < -0.39 is 0 Å². The number of carbonyl (C=O) groups is 2. The first-order chi connectivity index (χ1) is 18.9. The molecule has 3 heterocycles. The lowest BCUT2D eigenvalue weighted by atomic mass is 10.0. The highest BCUT2D eigenvalue weighted by Gasteiger charge is 2.25. The van der Waals surface area contributed by atoms with E-state index in [0.717, 1.165) is 36.1 Å². The maximum absolute atomic E-state index is 13.0. The number of methoxy groups -OCH3 is 1. The van der Waals surface area contributed by atoms with Gasteiger partial charge >= 0.3 is 0 Å². The van der Waals surface area contributed by atoms with Crippen molar-refractivity contribution >= 4 is 17.5 Å². The van der Waals surface area contributed by atoms with Crippen LogP contribution in [0.5, 0.6) is 5.75 Å². The Morgan fingerprint density at radius 1 is 1.08 bits per heavy atom. The molecule has 0 unspecified atom stereocenters. The summed E-state index contributed by atoms with van der Waals surface area (Å²) in [6.07, 6.45) is 6.04. The van der Waals surface area contributed by atoms with Crippen LogP contribution in [0.15, 0.2) is 71.5 Å². The SMILES string of the molecule is COc1ccc(-c2cc(C(=O)Nc3cnn(C4CCN(C(=O)c5ccc(CC(C)C)cc5)CC4)c3)no2)cc1. The summed E-state index contributed by atoms with van der Waals surface area (Å²) in [6.45, 7) is 5.70. The minimum Gasteiger partial charge on any atom is -0.497 e. The first-order valence-electron chi connectivity index (χ1n) is 13.2. The van der Waals surface area contributed by atoms with E-state index >= 15 is 0 Å². The van der Waals surface area contributed by atoms with Crippen LogP contribution in [0.2, 0.25) is 0 Å². The van der Waals surface area contributed by atoms with Crippen LogP contribution >= 0.6 is 0 Å². The Kier molecular flexibility index (Phi) is 7.76. The van der Waals surface area contributed by atoms with Gasteiger partial charge in [0.25, 0.3) is 11.8 Å². The van der Waals surface area contributed by atoms with Crippen molar-refractivity contribution in [3.05, 3.63) is 83.8 Å². The number of amides is 2. The minimum atomic E-state index is -0.377. The Morgan fingerprint density at radius 3 is 2.46 bits per heavy atom. The maximum atomic E-state index is 13.0. The van der Waals surface area contributed by atoms with Gasteiger partial charge in [0, 0.05) is 36.5 Å². The van der Waals surface area contributed by atoms with E-state index in [1.54, 1.807) is 19.4 Å². The first kappa shape index (κ1) is 26.2. The lowest BCUT2D eigenvalue weighted by Crippen LogP contribution is -2.39. The van der Waals surface area contributed by atoms with Gasteiger partial charge in [0.2, 0.25) is 0 Å². The number of hydrogen-bond acceptors (Lipinski definition) is 6. The standard InChI is InChI=1S/C30H33N5O4/c1-20(2)16-21-4-6-23(7-5-21)30(37)34-14-12-25(13-15-34)35-19-24(18-31-35)32-29(36)27-17-28(39-33-27)22-8-10-26(38-3)11-9-22/h4-11,17-20,25H,12-16H2,1-3H3,(H,32,36). The lowest BCUT2D eigenvalue weighted by Gasteiger charge is -2.32. The van der Waals surface area contributed by atoms with E-state index in [1.165, 1.54) is 5.56 Å². The van der Waals surface area contributed by atoms with Gasteiger partial charge in [0.1, 0.15) is 5.75 Å². The zero-order valence-corrected chi connectivity index (χ0v) is 22.5. The largest absolute Gasteiger partial charge is 0.497 e. The third kappa shape index (κ3) is 6.19. The Bertz CT molecular complexity index is 1410. The molecule has 0 saturated carbocycles. The Hall–Kier alpha value is -4.40. The van der Waals surface area contributed by atoms with Crippen LogP contribution in [0.1, 0.15) is 59.1 Å². The lowest BCUT2D eigenvalue weighted by molar-refractivity contribution is 0.0689. The predicted molar refractivity (Wildman–Crippen MR) is 148 cm³/mol. The fourth-order valence-electron chi connectivity index (χ4n) is 4.84. The van der Waals surface area contributed by atoms with Crippen molar-refractivity contribution in [1.29, 1.82) is 0 Å². The van der Waals surface area contributed by atoms with Gasteiger partial charge in [0.15, 0.2) is 11.5 Å². The van der Waals surface area contributed by atoms with Gasteiger partial charge in [-0.25, -0.2) is 0 Å². The molecule has 1 aliphatic rings. The highest BCUT2D eigenvalue weighted by molar-refractivity contribution is 6.03. The smallest absolute Gasteiger partial charge is 0.277 e. The molecular weight excluding hydrogens is 494 g/mol. The number of anilines is 1. The third-order valence-electron chi connectivity index (χ3n) is 6.95. The number of hydrogen-bond donors (Lipinski definition) is 1. The maximum Gasteiger partial charge on any atom is 0.277 e. The summed E-state index contributed by atoms with van der Waals surface area (Å²) in [5.41, 5.74) is 3.53. The normalized spacial score (nSPS) is 14.0. The molecule has 1 aliphatic heterocycles. The molecule has 0 radical (unpaired) electrons. The number of rotatable bonds is 8. The summed E-state index contributed by atoms with van der Waals surface area (Å²) in [5.74, 6) is 1.50. The van der Waals surface area contributed by atoms with E-state index in [9.17, 15) is 9.59 Å². The van der Waals surface area contributed by atoms with Crippen LogP contribution in [0.4, 0.5) is 5.69 Å². The molecule has 39 heavy (non-hydrogen) atoms. The molecule has 4 aromatic rings. The zero-order valence-electron chi connectivity index (χ0n) is 22.5. The minimum absolute atomic E-state index is 0.0691. The van der Waals surface area contributed by atoms with Gasteiger partial charge in [-0.05, 0) is 67.1 Å². The Labute approximate surface area is 227 Å². The number of nitrogens with zero attached hydrogens (tertiary/aromatic N) is 4. The molecule has 0 aliphatic carbocycles. The second-order valence-electron chi connectivity index (χ2n) is 10.3. The topological polar surface area (TPSA) is 102 Å². The second-order valence-corrected chi connectivity index (χ2v) is 10.3. The fraction of sp³-hybridized carbons (Fsp3) is 0.333. The van der Waals surface area contributed by atoms with Crippen LogP contribution < -0.4 is 10.1 Å². The number of likely N-dealkylation sites (tertiary alicyclic amines) is 1. The summed E-state index contributed by atoms with van der Waals surface area (Å²) < 4.78 is 12.4. The van der Waals surface area contributed by atoms with E-state index in [1.807, 2.05) is 52.2 Å². The highest BCUT2D eigenvalue weighted by Crippen LogP contribution is 2.26. The average molecular weight is 528 g/mol. The molecule has 1 saturated heterocycles. The van der Waals surface area contributed by atoms with Crippen molar-refractivity contribution in [2.24, 2.45) is 5.92 Å². The van der Waals surface area contributed by atoms with Crippen molar-refractivity contribution < 1.29 is 18.8 Å². The molecule has 0 atom stereocenters. The summed E-state index contributed by atoms with van der Waals surface area (Å²) >= 11 is 0. The number of benzene rings is 2. The molecular formula is C30H33N5O4. The molecule has 0 spiro atoms. The summed E-state index contributed by atoms with van der Waals surface area (Å²) in [7, 11) is 1.60. The molecule has 1 N–H and O–H groups in total. The quantitative estimate of drug-likeness (QED) is 0.326. The van der Waals surface area contributed by atoms with Crippen LogP contribution in [-0.2, 0) is 6.42 Å². The zero-order chi connectivity index (χ0) is 27.4. The summed E-state index contributed by atoms with van der Waals surface area (Å²) in [5, 5.41) is 11.2. The van der Waals surface area contributed by atoms with Gasteiger partial charge in [-0.3, -0.25) is 14.3 Å². The van der Waals surface area contributed by atoms with Crippen LogP contribution in [0.3, 0.4) is 0 Å². The third-order valence-corrected chi connectivity index (χ3v) is 6.95. The predicted octanol–water partition coefficient (Wildman–Crippen LogP) is 5.47. The molecule has 9 heteroatoms. The van der Waals surface area contributed by atoms with E-state index in [2.05, 4.69) is 41.6 Å². The number of piperidine rings is 1. The second kappa shape index (κ2) is 11.6. The molecule has 0 bridgehead atoms. The van der Waals surface area contributed by atoms with E-state index in [-0.39, 0.29) is 23.6 Å². The van der Waals surface area contributed by atoms with Crippen LogP contribution in [-0.4, -0.2) is 51.9 Å². The molecule has 2 amide bonds. The van der Waals surface area contributed by atoms with E-state index in [0.29, 0.717) is 30.5 Å². The number of aromatic nitrogens is 3. The molecule has 1 fully saturated rings. The average Bonchev–Trinajstić information content (AvgIpc) is 3.64. The molecule has 9 nitrogen and oxygen atoms in total. The molecule has 2 aromatic carbocycles. The van der Waals surface area contributed by atoms with E-state index in [4.69, 9.17) is 9.26 Å². The Balaban J connectivity index is 1.14. The van der Waals surface area contributed by atoms with Gasteiger partial charge in [0.05, 0.1) is 25.0 Å². The Morgan fingerprint density at radius 2 is 1.79 bits per heavy atom. The number of carbonyl (C=O) groups excluding carboxylic acids is 2. The van der Waals surface area contributed by atoms with Crippen molar-refractivity contribution in [2.75, 3.05) is 25.5 Å². The summed E-state index contributed by atoms with van der Waals surface area (Å²) in [4.78, 5) is 27.6.